The van der Waals surface area contributed by atoms with Gasteiger partial charge in [-0.15, -0.1) is 11.3 Å². The van der Waals surface area contributed by atoms with Crippen LogP contribution < -0.4 is 11.1 Å². The molecule has 0 saturated carbocycles. The fourth-order valence-electron chi connectivity index (χ4n) is 2.15. The third-order valence-electron chi connectivity index (χ3n) is 3.29. The normalized spacial score (nSPS) is 20.0. The van der Waals surface area contributed by atoms with E-state index in [1.165, 1.54) is 5.38 Å². The second-order valence-corrected chi connectivity index (χ2v) is 7.14. The van der Waals surface area contributed by atoms with Gasteiger partial charge in [-0.3, -0.25) is 14.1 Å². The summed E-state index contributed by atoms with van der Waals surface area (Å²) in [7, 11) is -4.07. The lowest BCUT2D eigenvalue weighted by atomic mass is 9.98. The summed E-state index contributed by atoms with van der Waals surface area (Å²) in [6.45, 7) is 1.74. The summed E-state index contributed by atoms with van der Waals surface area (Å²) < 4.78 is 35.9. The number of hydrogen-bond acceptors (Lipinski definition) is 11. The summed E-state index contributed by atoms with van der Waals surface area (Å²) in [4.78, 5) is 45.0. The van der Waals surface area contributed by atoms with Gasteiger partial charge >= 0.3 is 16.3 Å². The molecule has 1 saturated heterocycles. The molecule has 2 heterocycles. The zero-order chi connectivity index (χ0) is 20.4. The molecule has 1 aromatic heterocycles. The van der Waals surface area contributed by atoms with Gasteiger partial charge in [0.15, 0.2) is 16.9 Å². The lowest BCUT2D eigenvalue weighted by Gasteiger charge is -2.41. The van der Waals surface area contributed by atoms with E-state index in [4.69, 9.17) is 15.1 Å². The average molecular weight is 421 g/mol. The lowest BCUT2D eigenvalue weighted by molar-refractivity contribution is -0.162. The van der Waals surface area contributed by atoms with Gasteiger partial charge in [0.05, 0.1) is 7.11 Å². The predicted molar refractivity (Wildman–Crippen MR) is 90.8 cm³/mol. The van der Waals surface area contributed by atoms with E-state index < -0.39 is 40.2 Å². The molecule has 0 radical (unpaired) electrons. The van der Waals surface area contributed by atoms with Crippen LogP contribution in [0.1, 0.15) is 12.6 Å². The molecule has 0 spiro atoms. The minimum atomic E-state index is -5.02. The highest BCUT2D eigenvalue weighted by molar-refractivity contribution is 7.84. The number of hydrogen-bond donors (Lipinski definition) is 3. The zero-order valence-electron chi connectivity index (χ0n) is 14.0. The van der Waals surface area contributed by atoms with Crippen molar-refractivity contribution in [1.82, 2.24) is 14.6 Å². The monoisotopic (exact) mass is 421 g/mol. The Morgan fingerprint density at radius 3 is 2.67 bits per heavy atom. The number of esters is 1. The number of nitrogens with two attached hydrogens (primary N) is 1. The number of rotatable bonds is 7. The average Bonchev–Trinajstić information content (AvgIpc) is 3.01. The SMILES string of the molecule is CCO/N=C(/C(=O)N[C@H]1C(=O)N(S(=O)(=O)O)[C@H]1C(=O)OC)c1csc(N)n1. The lowest BCUT2D eigenvalue weighted by Crippen LogP contribution is -2.74. The first-order chi connectivity index (χ1) is 12.6. The highest BCUT2D eigenvalue weighted by atomic mass is 32.2. The molecule has 4 N–H and O–H groups in total. The van der Waals surface area contributed by atoms with Crippen molar-refractivity contribution in [2.45, 2.75) is 19.0 Å². The second-order valence-electron chi connectivity index (χ2n) is 4.96. The smallest absolute Gasteiger partial charge is 0.363 e. The van der Waals surface area contributed by atoms with Crippen molar-refractivity contribution in [3.8, 4) is 0 Å². The summed E-state index contributed by atoms with van der Waals surface area (Å²) in [5.41, 5.74) is 5.23. The Kier molecular flexibility index (Phi) is 5.97. The molecule has 2 rings (SSSR count). The number of methoxy groups -OCH3 is 1. The molecule has 0 bridgehead atoms. The Labute approximate surface area is 157 Å². The van der Waals surface area contributed by atoms with E-state index in [-0.39, 0.29) is 27.4 Å². The topological polar surface area (TPSA) is 191 Å². The van der Waals surface area contributed by atoms with Crippen LogP contribution in [0.2, 0.25) is 0 Å². The Bertz CT molecular complexity index is 895. The van der Waals surface area contributed by atoms with Gasteiger partial charge < -0.3 is 20.6 Å². The van der Waals surface area contributed by atoms with Crippen molar-refractivity contribution >= 4 is 50.3 Å². The minimum Gasteiger partial charge on any atom is -0.467 e. The number of β-lactam (4-membered cyclic amide) rings is 1. The van der Waals surface area contributed by atoms with Gasteiger partial charge in [-0.2, -0.15) is 12.7 Å². The number of nitrogen functional groups attached to an aromatic ring is 1. The summed E-state index contributed by atoms with van der Waals surface area (Å²) in [6, 6.07) is -3.37. The van der Waals surface area contributed by atoms with Crippen LogP contribution in [0.5, 0.6) is 0 Å². The molecular weight excluding hydrogens is 406 g/mol. The fraction of sp³-hybridized carbons (Fsp3) is 0.417. The van der Waals surface area contributed by atoms with Crippen LogP contribution in [0, 0.1) is 0 Å². The molecule has 148 valence electrons. The first kappa shape index (κ1) is 20.5. The molecule has 15 heteroatoms. The minimum absolute atomic E-state index is 0.0523. The number of aromatic nitrogens is 1. The third kappa shape index (κ3) is 4.15. The number of carbonyl (C=O) groups is 3. The van der Waals surface area contributed by atoms with Crippen molar-refractivity contribution in [1.29, 1.82) is 0 Å². The number of nitrogens with zero attached hydrogens (tertiary/aromatic N) is 3. The fourth-order valence-corrected chi connectivity index (χ4v) is 3.54. The van der Waals surface area contributed by atoms with Crippen molar-refractivity contribution in [3.63, 3.8) is 0 Å². The molecule has 13 nitrogen and oxygen atoms in total. The van der Waals surface area contributed by atoms with Crippen molar-refractivity contribution < 1.29 is 36.9 Å². The highest BCUT2D eigenvalue weighted by Crippen LogP contribution is 2.25. The maximum Gasteiger partial charge on any atom is 0.363 e. The van der Waals surface area contributed by atoms with E-state index in [0.29, 0.717) is 0 Å². The van der Waals surface area contributed by atoms with Crippen molar-refractivity contribution in [2.75, 3.05) is 19.5 Å². The molecule has 1 fully saturated rings. The van der Waals surface area contributed by atoms with Gasteiger partial charge in [-0.25, -0.2) is 9.78 Å². The van der Waals surface area contributed by atoms with Crippen LogP contribution in [-0.2, 0) is 34.3 Å². The van der Waals surface area contributed by atoms with Crippen LogP contribution in [0.4, 0.5) is 5.13 Å². The van der Waals surface area contributed by atoms with Crippen LogP contribution in [0.25, 0.3) is 0 Å². The molecule has 1 aromatic rings. The summed E-state index contributed by atoms with van der Waals surface area (Å²) in [5, 5.41) is 7.32. The van der Waals surface area contributed by atoms with Crippen LogP contribution in [0.3, 0.4) is 0 Å². The van der Waals surface area contributed by atoms with Crippen molar-refractivity contribution in [2.24, 2.45) is 5.16 Å². The third-order valence-corrected chi connectivity index (χ3v) is 4.87. The van der Waals surface area contributed by atoms with E-state index in [0.717, 1.165) is 18.4 Å². The quantitative estimate of drug-likeness (QED) is 0.148. The van der Waals surface area contributed by atoms with Crippen LogP contribution in [0.15, 0.2) is 10.5 Å². The molecule has 0 unspecified atom stereocenters. The van der Waals surface area contributed by atoms with Crippen molar-refractivity contribution in [3.05, 3.63) is 11.1 Å². The van der Waals surface area contributed by atoms with E-state index in [1.807, 2.05) is 0 Å². The molecule has 1 aliphatic heterocycles. The maximum atomic E-state index is 12.5. The molecule has 0 aliphatic carbocycles. The van der Waals surface area contributed by atoms with Crippen LogP contribution >= 0.6 is 11.3 Å². The van der Waals surface area contributed by atoms with Gasteiger partial charge in [0, 0.05) is 5.38 Å². The van der Waals surface area contributed by atoms with Crippen LogP contribution in [-0.4, -0.2) is 71.6 Å². The highest BCUT2D eigenvalue weighted by Gasteiger charge is 2.58. The number of ether oxygens (including phenoxy) is 1. The second kappa shape index (κ2) is 7.85. The molecule has 0 aromatic carbocycles. The number of carbonyl (C=O) groups excluding carboxylic acids is 3. The largest absolute Gasteiger partial charge is 0.467 e. The van der Waals surface area contributed by atoms with E-state index in [1.54, 1.807) is 6.92 Å². The van der Waals surface area contributed by atoms with Gasteiger partial charge in [0.25, 0.3) is 11.8 Å². The Balaban J connectivity index is 2.28. The van der Waals surface area contributed by atoms with Gasteiger partial charge in [0.1, 0.15) is 18.3 Å². The van der Waals surface area contributed by atoms with E-state index in [2.05, 4.69) is 20.2 Å². The van der Waals surface area contributed by atoms with Gasteiger partial charge in [-0.05, 0) is 6.92 Å². The zero-order valence-corrected chi connectivity index (χ0v) is 15.6. The number of thiazole rings is 1. The van der Waals surface area contributed by atoms with E-state index >= 15 is 0 Å². The standard InChI is InChI=1S/C12H15N5O8S2/c1-3-25-16-6(5-4-26-12(13)14-5)9(18)15-7-8(11(20)24-2)17(10(7)19)27(21,22)23/h4,7-8H,3H2,1-2H3,(H2,13,14)(H,15,18)(H,21,22,23)/b16-6+/t7-,8-/m1/s1. The summed E-state index contributed by atoms with van der Waals surface area (Å²) in [5.74, 6) is -3.36. The van der Waals surface area contributed by atoms with E-state index in [9.17, 15) is 22.8 Å². The molecule has 1 aliphatic rings. The molecule has 27 heavy (non-hydrogen) atoms. The number of oxime groups is 1. The molecule has 2 amide bonds. The number of anilines is 1. The first-order valence-corrected chi connectivity index (χ1v) is 9.50. The first-order valence-electron chi connectivity index (χ1n) is 7.22. The summed E-state index contributed by atoms with van der Waals surface area (Å²) >= 11 is 1.02. The predicted octanol–water partition coefficient (Wildman–Crippen LogP) is -1.86. The molecular formula is C12H15N5O8S2. The maximum absolute atomic E-state index is 12.5. The Morgan fingerprint density at radius 2 is 2.19 bits per heavy atom. The Morgan fingerprint density at radius 1 is 1.52 bits per heavy atom. The molecule has 2 atom stereocenters. The Hall–Kier alpha value is -2.78. The van der Waals surface area contributed by atoms with Gasteiger partial charge in [-0.1, -0.05) is 5.16 Å². The van der Waals surface area contributed by atoms with Gasteiger partial charge in [0.2, 0.25) is 0 Å². The number of nitrogens with one attached hydrogen (secondary N) is 1. The summed E-state index contributed by atoms with van der Waals surface area (Å²) in [6.07, 6.45) is 0. The number of amides is 2.